The molecule has 0 unspecified atom stereocenters. The van der Waals surface area contributed by atoms with Gasteiger partial charge in [-0.3, -0.25) is 0 Å². The molecule has 1 aromatic heterocycles. The summed E-state index contributed by atoms with van der Waals surface area (Å²) in [6.45, 7) is 0. The van der Waals surface area contributed by atoms with Crippen molar-refractivity contribution in [1.29, 1.82) is 5.26 Å². The lowest BCUT2D eigenvalue weighted by atomic mass is 10.2. The second-order valence-corrected chi connectivity index (χ2v) is 4.07. The van der Waals surface area contributed by atoms with Crippen LogP contribution >= 0.6 is 22.6 Å². The molecular weight excluding hydrogens is 374 g/mol. The zero-order chi connectivity index (χ0) is 13.9. The number of alkyl halides is 5. The van der Waals surface area contributed by atoms with Gasteiger partial charge in [0.1, 0.15) is 0 Å². The van der Waals surface area contributed by atoms with Gasteiger partial charge in [0, 0.05) is 15.2 Å². The molecule has 18 heavy (non-hydrogen) atoms. The van der Waals surface area contributed by atoms with Crippen LogP contribution in [0.15, 0.2) is 6.07 Å². The molecule has 0 saturated heterocycles. The number of rotatable bonds is 3. The Kier molecular flexibility index (Phi) is 4.66. The summed E-state index contributed by atoms with van der Waals surface area (Å²) in [7, 11) is 0. The van der Waals surface area contributed by atoms with Crippen LogP contribution in [0.1, 0.15) is 17.7 Å². The summed E-state index contributed by atoms with van der Waals surface area (Å²) in [4.78, 5) is 3.38. The largest absolute Gasteiger partial charge is 0.574 e. The summed E-state index contributed by atoms with van der Waals surface area (Å²) in [6, 6.07) is 2.15. The molecule has 0 radical (unpaired) electrons. The Morgan fingerprint density at radius 2 is 2.06 bits per heavy atom. The third-order valence-electron chi connectivity index (χ3n) is 1.73. The fraction of sp³-hybridized carbons (Fsp3) is 0.333. The van der Waals surface area contributed by atoms with Gasteiger partial charge in [-0.25, -0.2) is 13.8 Å². The number of nitriles is 1. The van der Waals surface area contributed by atoms with Gasteiger partial charge < -0.3 is 4.74 Å². The highest BCUT2D eigenvalue weighted by Gasteiger charge is 2.33. The van der Waals surface area contributed by atoms with Gasteiger partial charge in [0.2, 0.25) is 5.88 Å². The SMILES string of the molecule is N#CCc1nc(OC(F)(F)F)cc(C(F)F)c1I. The molecule has 1 aromatic rings. The lowest BCUT2D eigenvalue weighted by Gasteiger charge is -2.12. The Morgan fingerprint density at radius 3 is 2.50 bits per heavy atom. The molecule has 3 nitrogen and oxygen atoms in total. The first-order valence-corrected chi connectivity index (χ1v) is 5.42. The normalized spacial score (nSPS) is 11.4. The molecule has 0 fully saturated rings. The van der Waals surface area contributed by atoms with E-state index >= 15 is 0 Å². The quantitative estimate of drug-likeness (QED) is 0.597. The summed E-state index contributed by atoms with van der Waals surface area (Å²) in [5.74, 6) is -0.997. The maximum absolute atomic E-state index is 12.6. The lowest BCUT2D eigenvalue weighted by Crippen LogP contribution is -2.19. The zero-order valence-corrected chi connectivity index (χ0v) is 10.6. The Labute approximate surface area is 112 Å². The molecule has 0 bridgehead atoms. The first-order valence-electron chi connectivity index (χ1n) is 4.34. The van der Waals surface area contributed by atoms with Crippen molar-refractivity contribution in [2.45, 2.75) is 19.2 Å². The van der Waals surface area contributed by atoms with E-state index < -0.39 is 24.2 Å². The molecule has 0 saturated carbocycles. The van der Waals surface area contributed by atoms with E-state index in [1.165, 1.54) is 22.6 Å². The van der Waals surface area contributed by atoms with Gasteiger partial charge in [-0.05, 0) is 22.6 Å². The van der Waals surface area contributed by atoms with E-state index in [1.54, 1.807) is 6.07 Å². The first kappa shape index (κ1) is 14.9. The van der Waals surface area contributed by atoms with E-state index in [9.17, 15) is 22.0 Å². The molecule has 0 aromatic carbocycles. The van der Waals surface area contributed by atoms with Crippen molar-refractivity contribution < 1.29 is 26.7 Å². The molecule has 0 amide bonds. The molecule has 0 atom stereocenters. The van der Waals surface area contributed by atoms with Crippen LogP contribution in [-0.2, 0) is 6.42 Å². The van der Waals surface area contributed by atoms with Gasteiger partial charge in [0.05, 0.1) is 18.2 Å². The summed E-state index contributed by atoms with van der Waals surface area (Å²) in [5, 5.41) is 8.45. The lowest BCUT2D eigenvalue weighted by molar-refractivity contribution is -0.276. The number of hydrogen-bond acceptors (Lipinski definition) is 3. The molecule has 9 heteroatoms. The highest BCUT2D eigenvalue weighted by atomic mass is 127. The molecule has 1 rings (SSSR count). The highest BCUT2D eigenvalue weighted by molar-refractivity contribution is 14.1. The molecule has 0 spiro atoms. The highest BCUT2D eigenvalue weighted by Crippen LogP contribution is 2.31. The molecule has 0 aliphatic rings. The Morgan fingerprint density at radius 1 is 1.44 bits per heavy atom. The minimum absolute atomic E-state index is 0.0429. The predicted octanol–water partition coefficient (Wildman–Crippen LogP) is 3.59. The monoisotopic (exact) mass is 378 g/mol. The molecule has 98 valence electrons. The topological polar surface area (TPSA) is 45.9 Å². The number of aromatic nitrogens is 1. The smallest absolute Gasteiger partial charge is 0.388 e. The molecule has 0 aliphatic heterocycles. The first-order chi connectivity index (χ1) is 8.24. The van der Waals surface area contributed by atoms with Crippen LogP contribution in [0.4, 0.5) is 22.0 Å². The van der Waals surface area contributed by atoms with Crippen molar-refractivity contribution in [2.24, 2.45) is 0 Å². The second-order valence-electron chi connectivity index (χ2n) is 2.99. The van der Waals surface area contributed by atoms with Crippen molar-refractivity contribution in [1.82, 2.24) is 4.98 Å². The van der Waals surface area contributed by atoms with Crippen LogP contribution in [0.5, 0.6) is 5.88 Å². The van der Waals surface area contributed by atoms with Crippen LogP contribution in [-0.4, -0.2) is 11.3 Å². The maximum atomic E-state index is 12.6. The Hall–Kier alpha value is -1.18. The molecular formula is C9H4F5IN2O. The molecule has 1 heterocycles. The van der Waals surface area contributed by atoms with Gasteiger partial charge in [0.25, 0.3) is 6.43 Å². The standard InChI is InChI=1S/C9H4F5IN2O/c10-8(11)4-3-6(18-9(12,13)14)17-5(1-2-16)7(4)15/h3,8H,1H2. The predicted molar refractivity (Wildman–Crippen MR) is 57.9 cm³/mol. The molecule has 0 N–H and O–H groups in total. The summed E-state index contributed by atoms with van der Waals surface area (Å²) in [6.07, 6.45) is -8.39. The minimum Gasteiger partial charge on any atom is -0.388 e. The number of halogens is 6. The number of hydrogen-bond donors (Lipinski definition) is 0. The van der Waals surface area contributed by atoms with Crippen LogP contribution in [0.3, 0.4) is 0 Å². The van der Waals surface area contributed by atoms with Gasteiger partial charge >= 0.3 is 6.36 Å². The maximum Gasteiger partial charge on any atom is 0.574 e. The zero-order valence-electron chi connectivity index (χ0n) is 8.43. The molecule has 0 aliphatic carbocycles. The fourth-order valence-corrected chi connectivity index (χ4v) is 1.80. The minimum atomic E-state index is -5.02. The van der Waals surface area contributed by atoms with Crippen molar-refractivity contribution in [2.75, 3.05) is 0 Å². The second kappa shape index (κ2) is 5.64. The van der Waals surface area contributed by atoms with E-state index in [4.69, 9.17) is 5.26 Å². The average Bonchev–Trinajstić information content (AvgIpc) is 2.20. The van der Waals surface area contributed by atoms with Crippen LogP contribution in [0.25, 0.3) is 0 Å². The van der Waals surface area contributed by atoms with Crippen LogP contribution < -0.4 is 4.74 Å². The van der Waals surface area contributed by atoms with Crippen molar-refractivity contribution in [3.05, 3.63) is 20.9 Å². The van der Waals surface area contributed by atoms with Crippen LogP contribution in [0.2, 0.25) is 0 Å². The third-order valence-corrected chi connectivity index (χ3v) is 2.98. The average molecular weight is 378 g/mol. The van der Waals surface area contributed by atoms with Gasteiger partial charge in [0.15, 0.2) is 0 Å². The summed E-state index contributed by atoms with van der Waals surface area (Å²) >= 11 is 1.50. The van der Waals surface area contributed by atoms with Crippen molar-refractivity contribution in [3.63, 3.8) is 0 Å². The van der Waals surface area contributed by atoms with E-state index in [-0.39, 0.29) is 15.7 Å². The van der Waals surface area contributed by atoms with E-state index in [0.29, 0.717) is 6.07 Å². The number of ether oxygens (including phenoxy) is 1. The number of pyridine rings is 1. The fourth-order valence-electron chi connectivity index (χ4n) is 1.10. The summed E-state index contributed by atoms with van der Waals surface area (Å²) < 4.78 is 64.6. The summed E-state index contributed by atoms with van der Waals surface area (Å²) in [5.41, 5.74) is -0.815. The Bertz CT molecular complexity index is 483. The van der Waals surface area contributed by atoms with Gasteiger partial charge in [-0.2, -0.15) is 5.26 Å². The van der Waals surface area contributed by atoms with Crippen molar-refractivity contribution >= 4 is 22.6 Å². The van der Waals surface area contributed by atoms with E-state index in [1.807, 2.05) is 0 Å². The van der Waals surface area contributed by atoms with Crippen LogP contribution in [0, 0.1) is 14.9 Å². The Balaban J connectivity index is 3.25. The van der Waals surface area contributed by atoms with Gasteiger partial charge in [-0.1, -0.05) is 0 Å². The van der Waals surface area contributed by atoms with E-state index in [0.717, 1.165) is 0 Å². The van der Waals surface area contributed by atoms with E-state index in [2.05, 4.69) is 9.72 Å². The number of nitrogens with zero attached hydrogens (tertiary/aromatic N) is 2. The van der Waals surface area contributed by atoms with Gasteiger partial charge in [-0.15, -0.1) is 13.2 Å². The van der Waals surface area contributed by atoms with Crippen molar-refractivity contribution in [3.8, 4) is 11.9 Å². The third kappa shape index (κ3) is 3.94.